The molecule has 0 amide bonds. The minimum absolute atomic E-state index is 0.0427. The molecule has 43 heavy (non-hydrogen) atoms. The van der Waals surface area contributed by atoms with Gasteiger partial charge >= 0.3 is 0 Å². The summed E-state index contributed by atoms with van der Waals surface area (Å²) in [7, 11) is 1.59. The van der Waals surface area contributed by atoms with Crippen molar-refractivity contribution in [3.05, 3.63) is 70.7 Å². The Morgan fingerprint density at radius 2 is 1.77 bits per heavy atom. The van der Waals surface area contributed by atoms with Gasteiger partial charge in [-0.15, -0.1) is 0 Å². The van der Waals surface area contributed by atoms with Crippen LogP contribution in [0.3, 0.4) is 0 Å². The van der Waals surface area contributed by atoms with Crippen molar-refractivity contribution in [3.63, 3.8) is 0 Å². The number of piperidine rings is 1. The molecule has 10 heteroatoms. The summed E-state index contributed by atoms with van der Waals surface area (Å²) in [4.78, 5) is 8.96. The summed E-state index contributed by atoms with van der Waals surface area (Å²) in [6, 6.07) is 7.27. The maximum absolute atomic E-state index is 16.4. The predicted molar refractivity (Wildman–Crippen MR) is 156 cm³/mol. The Hall–Kier alpha value is -3.23. The number of fused-ring (bicyclic) bond motifs is 1. The van der Waals surface area contributed by atoms with Crippen LogP contribution in [0.25, 0.3) is 10.9 Å². The second kappa shape index (κ2) is 14.0. The Labute approximate surface area is 249 Å². The molecule has 6 nitrogen and oxygen atoms in total. The third kappa shape index (κ3) is 7.47. The Bertz CT molecular complexity index is 1450. The highest BCUT2D eigenvalue weighted by Crippen LogP contribution is 2.41. The maximum atomic E-state index is 16.4. The number of morpholine rings is 1. The molecule has 5 rings (SSSR count). The number of aliphatic hydroxyl groups excluding tert-OH is 1. The molecule has 0 saturated carbocycles. The number of methoxy groups -OCH3 is 1. The molecule has 2 fully saturated rings. The normalized spacial score (nSPS) is 18.3. The van der Waals surface area contributed by atoms with Gasteiger partial charge in [-0.2, -0.15) is 0 Å². The molecule has 0 radical (unpaired) electrons. The molecular formula is C33H37F4N3O3. The van der Waals surface area contributed by atoms with Gasteiger partial charge in [-0.1, -0.05) is 11.8 Å². The van der Waals surface area contributed by atoms with Crippen LogP contribution in [0.15, 0.2) is 36.5 Å². The van der Waals surface area contributed by atoms with Gasteiger partial charge in [0.25, 0.3) is 0 Å². The van der Waals surface area contributed by atoms with Gasteiger partial charge in [0.05, 0.1) is 32.4 Å². The van der Waals surface area contributed by atoms with Crippen molar-refractivity contribution in [1.29, 1.82) is 0 Å². The van der Waals surface area contributed by atoms with Crippen LogP contribution >= 0.6 is 0 Å². The standard InChI is InChI=1S/C33H37F4N3O3/c1-42-25-4-5-30-26(19-25)31(24(20-38-30)21-40-13-15-43-16-14-40)27(34)6-7-33(22-41)8-11-39(12-9-33)10-2-3-23-17-28(35)32(37)29(36)18-23/h4-5,17-20,27,41H,6-16,21-22H2,1H3/t27-/m1/s1. The van der Waals surface area contributed by atoms with E-state index in [-0.39, 0.29) is 18.6 Å². The molecule has 3 heterocycles. The highest BCUT2D eigenvalue weighted by molar-refractivity contribution is 5.85. The van der Waals surface area contributed by atoms with Gasteiger partial charge in [-0.3, -0.25) is 14.8 Å². The molecule has 0 aliphatic carbocycles. The number of hydrogen-bond donors (Lipinski definition) is 1. The zero-order valence-corrected chi connectivity index (χ0v) is 24.4. The fourth-order valence-corrected chi connectivity index (χ4v) is 5.99. The molecule has 3 aromatic rings. The maximum Gasteiger partial charge on any atom is 0.194 e. The molecule has 0 bridgehead atoms. The highest BCUT2D eigenvalue weighted by atomic mass is 19.2. The van der Waals surface area contributed by atoms with E-state index < -0.39 is 29.0 Å². The molecule has 1 atom stereocenters. The highest BCUT2D eigenvalue weighted by Gasteiger charge is 2.35. The minimum Gasteiger partial charge on any atom is -0.497 e. The lowest BCUT2D eigenvalue weighted by Crippen LogP contribution is -2.42. The van der Waals surface area contributed by atoms with Gasteiger partial charge in [-0.25, -0.2) is 17.6 Å². The van der Waals surface area contributed by atoms with E-state index in [4.69, 9.17) is 9.47 Å². The molecule has 2 aliphatic rings. The molecule has 2 aliphatic heterocycles. The van der Waals surface area contributed by atoms with E-state index in [1.807, 2.05) is 18.2 Å². The van der Waals surface area contributed by atoms with Crippen LogP contribution in [0.4, 0.5) is 17.6 Å². The van der Waals surface area contributed by atoms with Crippen LogP contribution in [-0.2, 0) is 11.3 Å². The summed E-state index contributed by atoms with van der Waals surface area (Å²) in [5.41, 5.74) is 1.85. The molecule has 2 aromatic carbocycles. The summed E-state index contributed by atoms with van der Waals surface area (Å²) in [5, 5.41) is 11.1. The summed E-state index contributed by atoms with van der Waals surface area (Å²) < 4.78 is 67.4. The number of nitrogens with zero attached hydrogens (tertiary/aromatic N) is 3. The largest absolute Gasteiger partial charge is 0.497 e. The SMILES string of the molecule is COc1ccc2ncc(CN3CCOCC3)c([C@H](F)CCC3(CO)CCN(CC#Cc4cc(F)c(F)c(F)c4)CC3)c2c1. The smallest absolute Gasteiger partial charge is 0.194 e. The zero-order chi connectivity index (χ0) is 30.4. The first-order chi connectivity index (χ1) is 20.8. The average Bonchev–Trinajstić information content (AvgIpc) is 3.03. The van der Waals surface area contributed by atoms with Gasteiger partial charge in [0, 0.05) is 49.0 Å². The first-order valence-corrected chi connectivity index (χ1v) is 14.7. The number of pyridine rings is 1. The van der Waals surface area contributed by atoms with E-state index in [0.717, 1.165) is 36.2 Å². The van der Waals surface area contributed by atoms with E-state index >= 15 is 4.39 Å². The lowest BCUT2D eigenvalue weighted by Gasteiger charge is -2.40. The molecule has 1 N–H and O–H groups in total. The number of likely N-dealkylation sites (tertiary alicyclic amines) is 1. The minimum atomic E-state index is -1.51. The van der Waals surface area contributed by atoms with Crippen LogP contribution in [0.1, 0.15) is 48.5 Å². The average molecular weight is 600 g/mol. The zero-order valence-electron chi connectivity index (χ0n) is 24.4. The predicted octanol–water partition coefficient (Wildman–Crippen LogP) is 5.41. The third-order valence-electron chi connectivity index (χ3n) is 8.71. The first kappa shape index (κ1) is 31.2. The first-order valence-electron chi connectivity index (χ1n) is 14.7. The number of alkyl halides is 1. The number of aliphatic hydroxyl groups is 1. The van der Waals surface area contributed by atoms with Gasteiger partial charge < -0.3 is 14.6 Å². The molecule has 1 aromatic heterocycles. The third-order valence-corrected chi connectivity index (χ3v) is 8.71. The number of rotatable bonds is 9. The van der Waals surface area contributed by atoms with Crippen LogP contribution in [0, 0.1) is 34.7 Å². The molecular weight excluding hydrogens is 562 g/mol. The fraction of sp³-hybridized carbons (Fsp3) is 0.485. The Morgan fingerprint density at radius 1 is 1.05 bits per heavy atom. The van der Waals surface area contributed by atoms with Crippen LogP contribution in [0.2, 0.25) is 0 Å². The van der Waals surface area contributed by atoms with Crippen molar-refractivity contribution in [3.8, 4) is 17.6 Å². The second-order valence-electron chi connectivity index (χ2n) is 11.5. The van der Waals surface area contributed by atoms with Gasteiger partial charge in [0.1, 0.15) is 11.9 Å². The van der Waals surface area contributed by atoms with E-state index in [2.05, 4.69) is 26.6 Å². The number of benzene rings is 2. The number of aromatic nitrogens is 1. The van der Waals surface area contributed by atoms with E-state index in [9.17, 15) is 18.3 Å². The summed E-state index contributed by atoms with van der Waals surface area (Å²) >= 11 is 0. The lowest BCUT2D eigenvalue weighted by molar-refractivity contribution is 0.0323. The van der Waals surface area contributed by atoms with E-state index in [0.29, 0.717) is 75.5 Å². The van der Waals surface area contributed by atoms with E-state index in [1.165, 1.54) is 0 Å². The monoisotopic (exact) mass is 599 g/mol. The number of halogens is 4. The van der Waals surface area contributed by atoms with Crippen LogP contribution in [0.5, 0.6) is 5.75 Å². The van der Waals surface area contributed by atoms with Crippen molar-refractivity contribution in [2.45, 2.75) is 38.4 Å². The topological polar surface area (TPSA) is 58.1 Å². The Morgan fingerprint density at radius 3 is 2.44 bits per heavy atom. The van der Waals surface area contributed by atoms with Gasteiger partial charge in [-0.05, 0) is 80.1 Å². The van der Waals surface area contributed by atoms with Crippen LogP contribution in [-0.4, -0.2) is 79.5 Å². The molecule has 0 spiro atoms. The molecule has 2 saturated heterocycles. The van der Waals surface area contributed by atoms with Gasteiger partial charge in [0.15, 0.2) is 17.5 Å². The summed E-state index contributed by atoms with van der Waals surface area (Å²) in [6.45, 7) is 5.05. The van der Waals surface area contributed by atoms with Crippen molar-refractivity contribution in [2.75, 3.05) is 59.7 Å². The number of ether oxygens (including phenoxy) is 2. The quantitative estimate of drug-likeness (QED) is 0.202. The summed E-state index contributed by atoms with van der Waals surface area (Å²) in [5.74, 6) is 2.18. The Balaban J connectivity index is 1.25. The molecule has 0 unspecified atom stereocenters. The van der Waals surface area contributed by atoms with Crippen molar-refractivity contribution in [2.24, 2.45) is 5.41 Å². The Kier molecular flexibility index (Phi) is 10.2. The lowest BCUT2D eigenvalue weighted by atomic mass is 9.74. The van der Waals surface area contributed by atoms with E-state index in [1.54, 1.807) is 13.3 Å². The van der Waals surface area contributed by atoms with Gasteiger partial charge in [0.2, 0.25) is 0 Å². The number of hydrogen-bond acceptors (Lipinski definition) is 6. The summed E-state index contributed by atoms with van der Waals surface area (Å²) in [6.07, 6.45) is 2.64. The molecule has 230 valence electrons. The van der Waals surface area contributed by atoms with Crippen molar-refractivity contribution in [1.82, 2.24) is 14.8 Å². The second-order valence-corrected chi connectivity index (χ2v) is 11.5. The van der Waals surface area contributed by atoms with Crippen LogP contribution < -0.4 is 4.74 Å². The van der Waals surface area contributed by atoms with Crippen molar-refractivity contribution >= 4 is 10.9 Å². The van der Waals surface area contributed by atoms with Crippen molar-refractivity contribution < 1.29 is 32.1 Å². The fourth-order valence-electron chi connectivity index (χ4n) is 5.99.